The normalized spacial score (nSPS) is 22.0. The van der Waals surface area contributed by atoms with Gasteiger partial charge >= 0.3 is 5.97 Å². The van der Waals surface area contributed by atoms with Gasteiger partial charge in [0.15, 0.2) is 0 Å². The second kappa shape index (κ2) is 7.06. The smallest absolute Gasteiger partial charge is 0.311 e. The Kier molecular flexibility index (Phi) is 5.11. The number of fused-ring (bicyclic) bond motifs is 3. The van der Waals surface area contributed by atoms with Crippen LogP contribution in [0.4, 0.5) is 0 Å². The molecule has 2 atom stereocenters. The molecule has 0 unspecified atom stereocenters. The van der Waals surface area contributed by atoms with E-state index in [1.54, 1.807) is 0 Å². The number of hydrogen-bond acceptors (Lipinski definition) is 6. The maximum absolute atomic E-state index is 12.7. The second-order valence-electron chi connectivity index (χ2n) is 6.85. The average molecular weight is 394 g/mol. The molecule has 0 bridgehead atoms. The maximum atomic E-state index is 12.7. The van der Waals surface area contributed by atoms with E-state index < -0.39 is 16.0 Å². The van der Waals surface area contributed by atoms with Crippen LogP contribution in [0.5, 0.6) is 0 Å². The third-order valence-corrected chi connectivity index (χ3v) is 5.02. The van der Waals surface area contributed by atoms with Crippen molar-refractivity contribution in [1.29, 1.82) is 0 Å². The van der Waals surface area contributed by atoms with Gasteiger partial charge in [-0.1, -0.05) is 18.2 Å². The number of carbonyl (C=O) groups excluding carboxylic acids is 2. The number of nitrogens with zero attached hydrogens (tertiary/aromatic N) is 2. The van der Waals surface area contributed by atoms with Gasteiger partial charge < -0.3 is 4.74 Å². The molecule has 1 aromatic carbocycles. The number of aromatic nitrogens is 1. The Hall–Kier alpha value is -2.23. The topological polar surface area (TPSA) is 106 Å². The molecule has 0 saturated heterocycles. The van der Waals surface area contributed by atoms with E-state index >= 15 is 0 Å². The zero-order chi connectivity index (χ0) is 19.9. The van der Waals surface area contributed by atoms with Crippen molar-refractivity contribution in [3.8, 4) is 0 Å². The summed E-state index contributed by atoms with van der Waals surface area (Å²) in [6.07, 6.45) is 1.82. The van der Waals surface area contributed by atoms with Crippen LogP contribution in [0.1, 0.15) is 28.5 Å². The third-order valence-electron chi connectivity index (χ3n) is 5.02. The van der Waals surface area contributed by atoms with E-state index in [1.807, 2.05) is 29.8 Å². The summed E-state index contributed by atoms with van der Waals surface area (Å²) < 4.78 is 32.6. The summed E-state index contributed by atoms with van der Waals surface area (Å²) in [5.74, 6) is -0.729. The van der Waals surface area contributed by atoms with Gasteiger partial charge in [0.2, 0.25) is 5.91 Å². The summed E-state index contributed by atoms with van der Waals surface area (Å²) in [6, 6.07) is 7.93. The number of hydrogen-bond donors (Lipinski definition) is 1. The van der Waals surface area contributed by atoms with Crippen molar-refractivity contribution in [2.45, 2.75) is 18.9 Å². The molecule has 9 heteroatoms. The van der Waals surface area contributed by atoms with Gasteiger partial charge in [0.1, 0.15) is 0 Å². The van der Waals surface area contributed by atoms with Gasteiger partial charge in [0.05, 0.1) is 30.8 Å². The number of benzene rings is 1. The highest BCUT2D eigenvalue weighted by molar-refractivity contribution is 7.85. The number of ether oxygens (including phenoxy) is 1. The van der Waals surface area contributed by atoms with Crippen molar-refractivity contribution in [3.05, 3.63) is 35.5 Å². The van der Waals surface area contributed by atoms with E-state index in [0.717, 1.165) is 29.6 Å². The fourth-order valence-electron chi connectivity index (χ4n) is 4.06. The first-order valence-corrected chi connectivity index (χ1v) is 10.3. The van der Waals surface area contributed by atoms with Gasteiger partial charge in [-0.05, 0) is 25.1 Å². The van der Waals surface area contributed by atoms with Crippen LogP contribution < -0.4 is 0 Å². The van der Waals surface area contributed by atoms with Crippen LogP contribution in [-0.2, 0) is 26.1 Å². The number of carbonyl (C=O) groups is 2. The van der Waals surface area contributed by atoms with Crippen molar-refractivity contribution in [1.82, 2.24) is 9.47 Å². The Bertz CT molecular complexity index is 1000. The fourth-order valence-corrected chi connectivity index (χ4v) is 4.06. The Morgan fingerprint density at radius 2 is 1.93 bits per heavy atom. The average Bonchev–Trinajstić information content (AvgIpc) is 2.93. The van der Waals surface area contributed by atoms with Crippen molar-refractivity contribution in [2.24, 2.45) is 5.92 Å². The summed E-state index contributed by atoms with van der Waals surface area (Å²) in [6.45, 7) is 0.882. The first kappa shape index (κ1) is 19.5. The Morgan fingerprint density at radius 1 is 1.30 bits per heavy atom. The van der Waals surface area contributed by atoms with Crippen molar-refractivity contribution in [3.63, 3.8) is 0 Å². The first-order chi connectivity index (χ1) is 12.6. The number of rotatable bonds is 1. The number of para-hydroxylation sites is 1. The highest BCUT2D eigenvalue weighted by atomic mass is 32.2. The third kappa shape index (κ3) is 3.62. The maximum Gasteiger partial charge on any atom is 0.311 e. The van der Waals surface area contributed by atoms with Gasteiger partial charge in [0, 0.05) is 24.0 Å². The quantitative estimate of drug-likeness (QED) is 0.577. The van der Waals surface area contributed by atoms with E-state index in [9.17, 15) is 18.0 Å². The van der Waals surface area contributed by atoms with E-state index in [1.165, 1.54) is 12.7 Å². The van der Waals surface area contributed by atoms with Gasteiger partial charge in [0.25, 0.3) is 10.1 Å². The van der Waals surface area contributed by atoms with Crippen LogP contribution in [0, 0.1) is 5.92 Å². The lowest BCUT2D eigenvalue weighted by molar-refractivity contribution is -0.148. The summed E-state index contributed by atoms with van der Waals surface area (Å²) in [5, 5.41) is 1.13. The molecule has 0 aliphatic carbocycles. The zero-order valence-electron chi connectivity index (χ0n) is 15.4. The number of esters is 1. The van der Waals surface area contributed by atoms with Crippen molar-refractivity contribution < 1.29 is 27.3 Å². The van der Waals surface area contributed by atoms with Gasteiger partial charge in [-0.2, -0.15) is 8.42 Å². The van der Waals surface area contributed by atoms with Crippen LogP contribution in [0.3, 0.4) is 0 Å². The summed E-state index contributed by atoms with van der Waals surface area (Å²) in [4.78, 5) is 27.0. The minimum Gasteiger partial charge on any atom is -0.469 e. The Balaban J connectivity index is 0.000000376. The molecule has 2 aliphatic rings. The molecular formula is C18H22N2O6S. The standard InChI is InChI=1S/C17H18N2O3.CH4O3S/c1-18-8-7-11-10-5-3-4-6-13(10)19-14(20)9-12(17(21)22-2)15(18)16(11)19;1-5(2,3)4/h3-6,12,15H,7-9H2,1-2H3;1H3,(H,2,3,4)/t12-,15+;/m0./s1. The number of likely N-dealkylation sites (N-methyl/N-ethyl adjacent to an activating group) is 1. The van der Waals surface area contributed by atoms with Crippen LogP contribution in [0.2, 0.25) is 0 Å². The van der Waals surface area contributed by atoms with Crippen molar-refractivity contribution >= 4 is 32.9 Å². The van der Waals surface area contributed by atoms with Crippen molar-refractivity contribution in [2.75, 3.05) is 27.0 Å². The molecular weight excluding hydrogens is 372 g/mol. The second-order valence-corrected chi connectivity index (χ2v) is 8.32. The van der Waals surface area contributed by atoms with Gasteiger partial charge in [-0.25, -0.2) is 0 Å². The van der Waals surface area contributed by atoms with Gasteiger partial charge in [-0.3, -0.25) is 23.6 Å². The SMILES string of the molecule is COC(=O)[C@H]1CC(=O)n2c3c(c4ccccc42)CCN(C)[C@@H]31.CS(=O)(=O)O. The highest BCUT2D eigenvalue weighted by Crippen LogP contribution is 2.44. The van der Waals surface area contributed by atoms with Crippen LogP contribution in [0.25, 0.3) is 10.9 Å². The van der Waals surface area contributed by atoms with E-state index in [-0.39, 0.29) is 24.3 Å². The predicted molar refractivity (Wildman–Crippen MR) is 99.2 cm³/mol. The monoisotopic (exact) mass is 394 g/mol. The van der Waals surface area contributed by atoms with E-state index in [4.69, 9.17) is 9.29 Å². The fraction of sp³-hybridized carbons (Fsp3) is 0.444. The summed E-state index contributed by atoms with van der Waals surface area (Å²) in [7, 11) is -0.262. The molecule has 1 N–H and O–H groups in total. The lowest BCUT2D eigenvalue weighted by atomic mass is 9.84. The molecule has 146 valence electrons. The molecule has 0 saturated carbocycles. The lowest BCUT2D eigenvalue weighted by Crippen LogP contribution is -2.45. The minimum atomic E-state index is -3.67. The minimum absolute atomic E-state index is 0.0144. The molecule has 27 heavy (non-hydrogen) atoms. The van der Waals surface area contributed by atoms with E-state index in [0.29, 0.717) is 6.26 Å². The molecule has 3 heterocycles. The van der Waals surface area contributed by atoms with E-state index in [2.05, 4.69) is 11.0 Å². The molecule has 0 amide bonds. The molecule has 0 fully saturated rings. The molecule has 2 aliphatic heterocycles. The zero-order valence-corrected chi connectivity index (χ0v) is 16.2. The number of methoxy groups -OCH3 is 1. The Morgan fingerprint density at radius 3 is 2.56 bits per heavy atom. The van der Waals surface area contributed by atoms with Crippen LogP contribution in [-0.4, -0.2) is 61.3 Å². The first-order valence-electron chi connectivity index (χ1n) is 8.49. The van der Waals surface area contributed by atoms with Gasteiger partial charge in [-0.15, -0.1) is 0 Å². The van der Waals surface area contributed by atoms with Crippen LogP contribution >= 0.6 is 0 Å². The predicted octanol–water partition coefficient (Wildman–Crippen LogP) is 1.51. The lowest BCUT2D eigenvalue weighted by Gasteiger charge is -2.40. The Labute approximate surface area is 157 Å². The molecule has 0 radical (unpaired) electrons. The largest absolute Gasteiger partial charge is 0.469 e. The molecule has 1 aromatic heterocycles. The summed E-state index contributed by atoms with van der Waals surface area (Å²) >= 11 is 0. The molecule has 8 nitrogen and oxygen atoms in total. The summed E-state index contributed by atoms with van der Waals surface area (Å²) in [5.41, 5.74) is 3.16. The molecule has 2 aromatic rings. The van der Waals surface area contributed by atoms with Crippen LogP contribution in [0.15, 0.2) is 24.3 Å². The molecule has 0 spiro atoms. The highest BCUT2D eigenvalue weighted by Gasteiger charge is 2.45. The molecule has 4 rings (SSSR count).